The number of nitrogens with two attached hydrogens (primary N) is 1. The number of amides is 1. The lowest BCUT2D eigenvalue weighted by atomic mass is 9.84. The van der Waals surface area contributed by atoms with Crippen LogP contribution in [0.3, 0.4) is 0 Å². The van der Waals surface area contributed by atoms with Crippen LogP contribution in [-0.4, -0.2) is 41.0 Å². The summed E-state index contributed by atoms with van der Waals surface area (Å²) in [7, 11) is 0. The Morgan fingerprint density at radius 3 is 2.22 bits per heavy atom. The van der Waals surface area contributed by atoms with Crippen molar-refractivity contribution in [1.82, 2.24) is 4.90 Å². The van der Waals surface area contributed by atoms with E-state index in [1.807, 2.05) is 13.8 Å². The molecule has 18 heavy (non-hydrogen) atoms. The van der Waals surface area contributed by atoms with E-state index in [9.17, 15) is 9.59 Å². The summed E-state index contributed by atoms with van der Waals surface area (Å²) in [4.78, 5) is 24.1. The van der Waals surface area contributed by atoms with Crippen LogP contribution in [0.4, 0.5) is 0 Å². The van der Waals surface area contributed by atoms with Crippen LogP contribution in [0.15, 0.2) is 0 Å². The molecule has 0 saturated carbocycles. The molecule has 5 heteroatoms. The van der Waals surface area contributed by atoms with Crippen molar-refractivity contribution in [2.75, 3.05) is 13.1 Å². The summed E-state index contributed by atoms with van der Waals surface area (Å²) in [5.41, 5.74) is 5.55. The Kier molecular flexibility index (Phi) is 6.91. The number of hydrogen-bond acceptors (Lipinski definition) is 3. The average Bonchev–Trinajstić information content (AvgIpc) is 2.22. The van der Waals surface area contributed by atoms with Gasteiger partial charge in [0.25, 0.3) is 0 Å². The zero-order valence-electron chi connectivity index (χ0n) is 11.9. The molecule has 0 spiro atoms. The number of rotatable bonds is 8. The fourth-order valence-electron chi connectivity index (χ4n) is 1.81. The van der Waals surface area contributed by atoms with Crippen molar-refractivity contribution in [3.8, 4) is 0 Å². The molecule has 106 valence electrons. The molecule has 0 aliphatic heterocycles. The molecular formula is C13H26N2O3. The third-order valence-corrected chi connectivity index (χ3v) is 3.09. The Morgan fingerprint density at radius 2 is 1.83 bits per heavy atom. The summed E-state index contributed by atoms with van der Waals surface area (Å²) in [5.74, 6) is -1.07. The SMILES string of the molecule is CC(C)N(CC(=O)O)C(=O)CCC(C)(C)CCN. The van der Waals surface area contributed by atoms with E-state index in [1.54, 1.807) is 0 Å². The van der Waals surface area contributed by atoms with E-state index < -0.39 is 5.97 Å². The Labute approximate surface area is 109 Å². The number of aliphatic carboxylic acids is 1. The standard InChI is InChI=1S/C13H26N2O3/c1-10(2)15(9-12(17)18)11(16)5-6-13(3,4)7-8-14/h10H,5-9,14H2,1-4H3,(H,17,18). The molecule has 5 nitrogen and oxygen atoms in total. The third kappa shape index (κ3) is 6.59. The van der Waals surface area contributed by atoms with Crippen molar-refractivity contribution in [1.29, 1.82) is 0 Å². The normalized spacial score (nSPS) is 11.7. The van der Waals surface area contributed by atoms with Crippen molar-refractivity contribution in [2.45, 2.75) is 53.0 Å². The minimum atomic E-state index is -0.974. The first kappa shape index (κ1) is 16.9. The van der Waals surface area contributed by atoms with Crippen LogP contribution in [0, 0.1) is 5.41 Å². The van der Waals surface area contributed by atoms with Crippen molar-refractivity contribution in [3.63, 3.8) is 0 Å². The fourth-order valence-corrected chi connectivity index (χ4v) is 1.81. The number of nitrogens with zero attached hydrogens (tertiary/aromatic N) is 1. The average molecular weight is 258 g/mol. The van der Waals surface area contributed by atoms with Gasteiger partial charge in [-0.1, -0.05) is 13.8 Å². The molecule has 0 aromatic carbocycles. The van der Waals surface area contributed by atoms with Crippen molar-refractivity contribution in [2.24, 2.45) is 11.1 Å². The maximum Gasteiger partial charge on any atom is 0.323 e. The van der Waals surface area contributed by atoms with Gasteiger partial charge in [0.15, 0.2) is 0 Å². The first-order valence-electron chi connectivity index (χ1n) is 6.41. The molecule has 1 amide bonds. The number of carboxylic acid groups (broad SMARTS) is 1. The minimum absolute atomic E-state index is 0.0241. The third-order valence-electron chi connectivity index (χ3n) is 3.09. The zero-order valence-corrected chi connectivity index (χ0v) is 11.9. The molecule has 0 aromatic heterocycles. The van der Waals surface area contributed by atoms with Gasteiger partial charge in [-0.25, -0.2) is 0 Å². The second-order valence-electron chi connectivity index (χ2n) is 5.71. The molecule has 0 aromatic rings. The fraction of sp³-hybridized carbons (Fsp3) is 0.846. The quantitative estimate of drug-likeness (QED) is 0.690. The first-order valence-corrected chi connectivity index (χ1v) is 6.41. The van der Waals surface area contributed by atoms with Gasteiger partial charge in [-0.05, 0) is 38.6 Å². The highest BCUT2D eigenvalue weighted by Gasteiger charge is 2.23. The second kappa shape index (κ2) is 7.36. The van der Waals surface area contributed by atoms with Crippen LogP contribution in [0.25, 0.3) is 0 Å². The summed E-state index contributed by atoms with van der Waals surface area (Å²) >= 11 is 0. The summed E-state index contributed by atoms with van der Waals surface area (Å²) in [6.45, 7) is 8.17. The molecule has 0 heterocycles. The predicted octanol–water partition coefficient (Wildman–Crippen LogP) is 1.46. The van der Waals surface area contributed by atoms with E-state index >= 15 is 0 Å². The lowest BCUT2D eigenvalue weighted by molar-refractivity contribution is -0.146. The number of carboxylic acids is 1. The molecule has 3 N–H and O–H groups in total. The van der Waals surface area contributed by atoms with Crippen LogP contribution in [0.1, 0.15) is 47.0 Å². The molecule has 0 saturated heterocycles. The van der Waals surface area contributed by atoms with E-state index in [0.29, 0.717) is 13.0 Å². The number of carbonyl (C=O) groups excluding carboxylic acids is 1. The second-order valence-corrected chi connectivity index (χ2v) is 5.71. The van der Waals surface area contributed by atoms with E-state index in [-0.39, 0.29) is 23.9 Å². The molecule has 0 radical (unpaired) electrons. The summed E-state index contributed by atoms with van der Waals surface area (Å²) in [5, 5.41) is 8.78. The van der Waals surface area contributed by atoms with Crippen LogP contribution >= 0.6 is 0 Å². The van der Waals surface area contributed by atoms with Gasteiger partial charge in [0.05, 0.1) is 0 Å². The van der Waals surface area contributed by atoms with Gasteiger partial charge in [-0.15, -0.1) is 0 Å². The summed E-state index contributed by atoms with van der Waals surface area (Å²) < 4.78 is 0. The zero-order chi connectivity index (χ0) is 14.3. The van der Waals surface area contributed by atoms with Gasteiger partial charge < -0.3 is 15.7 Å². The lowest BCUT2D eigenvalue weighted by Crippen LogP contribution is -2.41. The van der Waals surface area contributed by atoms with Crippen molar-refractivity contribution >= 4 is 11.9 Å². The maximum absolute atomic E-state index is 12.0. The Balaban J connectivity index is 4.39. The van der Waals surface area contributed by atoms with E-state index in [2.05, 4.69) is 13.8 Å². The summed E-state index contributed by atoms with van der Waals surface area (Å²) in [6, 6.07) is -0.0915. The van der Waals surface area contributed by atoms with E-state index in [4.69, 9.17) is 10.8 Å². The monoisotopic (exact) mass is 258 g/mol. The largest absolute Gasteiger partial charge is 0.480 e. The Morgan fingerprint density at radius 1 is 1.28 bits per heavy atom. The lowest BCUT2D eigenvalue weighted by Gasteiger charge is -2.28. The van der Waals surface area contributed by atoms with Crippen LogP contribution in [0.2, 0.25) is 0 Å². The predicted molar refractivity (Wildman–Crippen MR) is 71.2 cm³/mol. The van der Waals surface area contributed by atoms with Crippen molar-refractivity contribution in [3.05, 3.63) is 0 Å². The van der Waals surface area contributed by atoms with Gasteiger partial charge in [0.1, 0.15) is 6.54 Å². The van der Waals surface area contributed by atoms with Gasteiger partial charge in [0, 0.05) is 12.5 Å². The molecule has 0 aliphatic rings. The molecule has 0 rings (SSSR count). The highest BCUT2D eigenvalue weighted by molar-refractivity contribution is 5.81. The van der Waals surface area contributed by atoms with E-state index in [0.717, 1.165) is 12.8 Å². The number of hydrogen-bond donors (Lipinski definition) is 2. The number of carbonyl (C=O) groups is 2. The van der Waals surface area contributed by atoms with Crippen LogP contribution in [0.5, 0.6) is 0 Å². The van der Waals surface area contributed by atoms with E-state index in [1.165, 1.54) is 4.90 Å². The minimum Gasteiger partial charge on any atom is -0.480 e. The maximum atomic E-state index is 12.0. The molecular weight excluding hydrogens is 232 g/mol. The van der Waals surface area contributed by atoms with Gasteiger partial charge in [-0.3, -0.25) is 9.59 Å². The van der Waals surface area contributed by atoms with Crippen LogP contribution < -0.4 is 5.73 Å². The molecule has 0 bridgehead atoms. The smallest absolute Gasteiger partial charge is 0.323 e. The van der Waals surface area contributed by atoms with Gasteiger partial charge in [-0.2, -0.15) is 0 Å². The molecule has 0 unspecified atom stereocenters. The first-order chi connectivity index (χ1) is 8.19. The molecule has 0 atom stereocenters. The molecule has 0 aliphatic carbocycles. The molecule has 0 fully saturated rings. The topological polar surface area (TPSA) is 83.6 Å². The highest BCUT2D eigenvalue weighted by Crippen LogP contribution is 2.26. The summed E-state index contributed by atoms with van der Waals surface area (Å²) in [6.07, 6.45) is 1.96. The van der Waals surface area contributed by atoms with Crippen LogP contribution in [-0.2, 0) is 9.59 Å². The Bertz CT molecular complexity index is 288. The highest BCUT2D eigenvalue weighted by atomic mass is 16.4. The van der Waals surface area contributed by atoms with Gasteiger partial charge >= 0.3 is 5.97 Å². The van der Waals surface area contributed by atoms with Gasteiger partial charge in [0.2, 0.25) is 5.91 Å². The Hall–Kier alpha value is -1.10. The van der Waals surface area contributed by atoms with Crippen molar-refractivity contribution < 1.29 is 14.7 Å².